The molecule has 11 heteroatoms. The summed E-state index contributed by atoms with van der Waals surface area (Å²) >= 11 is 0. The van der Waals surface area contributed by atoms with Crippen LogP contribution in [0, 0.1) is 0 Å². The lowest BCUT2D eigenvalue weighted by molar-refractivity contribution is -0.358. The fraction of sp³-hybridized carbons (Fsp3) is 1.00. The van der Waals surface area contributed by atoms with E-state index in [-0.39, 0.29) is 0 Å². The summed E-state index contributed by atoms with van der Waals surface area (Å²) in [7, 11) is 1.24. The van der Waals surface area contributed by atoms with E-state index in [0.717, 1.165) is 0 Å². The molecular weight excluding hydrogens is 332 g/mol. The third-order valence-electron chi connectivity index (χ3n) is 4.19. The van der Waals surface area contributed by atoms with Crippen LogP contribution in [0.3, 0.4) is 0 Å². The van der Waals surface area contributed by atoms with Gasteiger partial charge in [0.15, 0.2) is 12.6 Å². The molecule has 0 aromatic rings. The van der Waals surface area contributed by atoms with Gasteiger partial charge in [-0.25, -0.2) is 0 Å². The number of ether oxygens (including phenoxy) is 4. The van der Waals surface area contributed by atoms with E-state index in [0.29, 0.717) is 0 Å². The van der Waals surface area contributed by atoms with Gasteiger partial charge < -0.3 is 54.7 Å². The molecule has 0 bridgehead atoms. The zero-order valence-corrected chi connectivity index (χ0v) is 13.0. The molecule has 0 amide bonds. The number of hydrogen-bond acceptors (Lipinski definition) is 11. The van der Waals surface area contributed by atoms with E-state index < -0.39 is 74.6 Å². The highest BCUT2D eigenvalue weighted by Gasteiger charge is 2.50. The van der Waals surface area contributed by atoms with Crippen LogP contribution in [0.5, 0.6) is 0 Å². The highest BCUT2D eigenvalue weighted by molar-refractivity contribution is 4.93. The van der Waals surface area contributed by atoms with Crippen molar-refractivity contribution in [2.75, 3.05) is 20.3 Å². The van der Waals surface area contributed by atoms with Crippen molar-refractivity contribution in [1.82, 2.24) is 0 Å². The van der Waals surface area contributed by atoms with E-state index in [9.17, 15) is 30.6 Å². The minimum Gasteiger partial charge on any atom is -0.394 e. The zero-order valence-electron chi connectivity index (χ0n) is 13.0. The molecule has 2 unspecified atom stereocenters. The van der Waals surface area contributed by atoms with E-state index in [2.05, 4.69) is 0 Å². The smallest absolute Gasteiger partial charge is 0.187 e. The molecular formula is C13H24O11. The Labute approximate surface area is 137 Å². The number of rotatable bonds is 5. The van der Waals surface area contributed by atoms with Crippen molar-refractivity contribution >= 4 is 0 Å². The lowest BCUT2D eigenvalue weighted by atomic mass is 9.97. The molecule has 2 heterocycles. The Morgan fingerprint density at radius 2 is 1.25 bits per heavy atom. The first-order chi connectivity index (χ1) is 11.3. The summed E-state index contributed by atoms with van der Waals surface area (Å²) in [6.45, 7) is -1.23. The van der Waals surface area contributed by atoms with Crippen LogP contribution in [0.2, 0.25) is 0 Å². The molecule has 2 aliphatic rings. The molecule has 0 aromatic heterocycles. The molecule has 0 saturated carbocycles. The zero-order chi connectivity index (χ0) is 18.0. The Morgan fingerprint density at radius 1 is 0.708 bits per heavy atom. The number of aliphatic hydroxyl groups is 7. The van der Waals surface area contributed by atoms with Gasteiger partial charge in [0, 0.05) is 7.11 Å². The van der Waals surface area contributed by atoms with Crippen LogP contribution in [0.25, 0.3) is 0 Å². The summed E-state index contributed by atoms with van der Waals surface area (Å²) in [5.41, 5.74) is 0. The maximum absolute atomic E-state index is 10.2. The largest absolute Gasteiger partial charge is 0.394 e. The summed E-state index contributed by atoms with van der Waals surface area (Å²) in [5, 5.41) is 68.1. The highest BCUT2D eigenvalue weighted by atomic mass is 16.7. The van der Waals surface area contributed by atoms with Gasteiger partial charge in [-0.05, 0) is 0 Å². The predicted octanol–water partition coefficient (Wildman–Crippen LogP) is -4.74. The van der Waals surface area contributed by atoms with Gasteiger partial charge in [-0.2, -0.15) is 0 Å². The second-order valence-electron chi connectivity index (χ2n) is 5.74. The monoisotopic (exact) mass is 356 g/mol. The SMILES string of the molecule is COC1O[C@H](CO)[C@@H](O)[C@H](OC2O[C@H](CO)[C@@H](O)[C@H](O)[C@@H]2O)[C@@H]1O. The van der Waals surface area contributed by atoms with Crippen LogP contribution in [0.15, 0.2) is 0 Å². The average molecular weight is 356 g/mol. The van der Waals surface area contributed by atoms with Crippen LogP contribution in [-0.4, -0.2) is 117 Å². The van der Waals surface area contributed by atoms with Gasteiger partial charge in [0.05, 0.1) is 13.2 Å². The minimum atomic E-state index is -1.70. The topological polar surface area (TPSA) is 179 Å². The molecule has 7 N–H and O–H groups in total. The Kier molecular flexibility index (Phi) is 6.87. The average Bonchev–Trinajstić information content (AvgIpc) is 2.58. The lowest BCUT2D eigenvalue weighted by Gasteiger charge is -2.45. The maximum atomic E-state index is 10.2. The number of hydrogen-bond donors (Lipinski definition) is 7. The summed E-state index contributed by atoms with van der Waals surface area (Å²) in [4.78, 5) is 0. The third-order valence-corrected chi connectivity index (χ3v) is 4.19. The highest BCUT2D eigenvalue weighted by Crippen LogP contribution is 2.29. The Morgan fingerprint density at radius 3 is 1.79 bits per heavy atom. The van der Waals surface area contributed by atoms with E-state index in [4.69, 9.17) is 24.1 Å². The first-order valence-corrected chi connectivity index (χ1v) is 7.46. The summed E-state index contributed by atoms with van der Waals surface area (Å²) < 4.78 is 20.6. The molecule has 10 atom stereocenters. The van der Waals surface area contributed by atoms with Gasteiger partial charge in [-0.3, -0.25) is 0 Å². The second kappa shape index (κ2) is 8.29. The number of aliphatic hydroxyl groups excluding tert-OH is 7. The van der Waals surface area contributed by atoms with Crippen LogP contribution in [0.4, 0.5) is 0 Å². The van der Waals surface area contributed by atoms with E-state index >= 15 is 0 Å². The van der Waals surface area contributed by atoms with Gasteiger partial charge in [-0.1, -0.05) is 0 Å². The molecule has 24 heavy (non-hydrogen) atoms. The van der Waals surface area contributed by atoms with Crippen LogP contribution in [-0.2, 0) is 18.9 Å². The summed E-state index contributed by atoms with van der Waals surface area (Å²) in [6.07, 6.45) is -14.4. The van der Waals surface area contributed by atoms with Crippen molar-refractivity contribution in [2.45, 2.75) is 61.4 Å². The Balaban J connectivity index is 2.14. The van der Waals surface area contributed by atoms with Gasteiger partial charge in [0.1, 0.15) is 48.8 Å². The fourth-order valence-electron chi connectivity index (χ4n) is 2.74. The molecule has 2 saturated heterocycles. The minimum absolute atomic E-state index is 0.581. The normalized spacial score (nSPS) is 50.0. The van der Waals surface area contributed by atoms with Crippen LogP contribution < -0.4 is 0 Å². The van der Waals surface area contributed by atoms with E-state index in [1.54, 1.807) is 0 Å². The second-order valence-corrected chi connectivity index (χ2v) is 5.74. The van der Waals surface area contributed by atoms with Gasteiger partial charge in [0.2, 0.25) is 0 Å². The standard InChI is InChI=1S/C13H24O11/c1-21-12-10(20)11(7(17)5(3-15)22-12)24-13-9(19)8(18)6(16)4(2-14)23-13/h4-20H,2-3H2,1H3/t4-,5-,6-,7-,8+,9+,10+,11+,12?,13?/m1/s1. The molecule has 142 valence electrons. The van der Waals surface area contributed by atoms with Crippen LogP contribution in [0.1, 0.15) is 0 Å². The van der Waals surface area contributed by atoms with Crippen molar-refractivity contribution < 1.29 is 54.7 Å². The van der Waals surface area contributed by atoms with Gasteiger partial charge in [0.25, 0.3) is 0 Å². The predicted molar refractivity (Wildman–Crippen MR) is 73.4 cm³/mol. The molecule has 2 rings (SSSR count). The quantitative estimate of drug-likeness (QED) is 0.251. The first kappa shape index (κ1) is 19.9. The molecule has 2 fully saturated rings. The van der Waals surface area contributed by atoms with Crippen molar-refractivity contribution in [3.63, 3.8) is 0 Å². The van der Waals surface area contributed by atoms with Gasteiger partial charge in [-0.15, -0.1) is 0 Å². The van der Waals surface area contributed by atoms with Crippen molar-refractivity contribution in [3.05, 3.63) is 0 Å². The summed E-state index contributed by atoms with van der Waals surface area (Å²) in [5.74, 6) is 0. The molecule has 11 nitrogen and oxygen atoms in total. The van der Waals surface area contributed by atoms with Crippen molar-refractivity contribution in [1.29, 1.82) is 0 Å². The van der Waals surface area contributed by atoms with E-state index in [1.165, 1.54) is 7.11 Å². The third kappa shape index (κ3) is 3.71. The first-order valence-electron chi connectivity index (χ1n) is 7.46. The van der Waals surface area contributed by atoms with E-state index in [1.807, 2.05) is 0 Å². The molecule has 2 aliphatic heterocycles. The van der Waals surface area contributed by atoms with Gasteiger partial charge >= 0.3 is 0 Å². The van der Waals surface area contributed by atoms with Crippen molar-refractivity contribution in [3.8, 4) is 0 Å². The van der Waals surface area contributed by atoms with Crippen molar-refractivity contribution in [2.24, 2.45) is 0 Å². The summed E-state index contributed by atoms with van der Waals surface area (Å²) in [6, 6.07) is 0. The molecule has 0 radical (unpaired) electrons. The maximum Gasteiger partial charge on any atom is 0.187 e. The van der Waals surface area contributed by atoms with Crippen LogP contribution >= 0.6 is 0 Å². The Hall–Kier alpha value is -0.440. The molecule has 0 spiro atoms. The lowest BCUT2D eigenvalue weighted by Crippen LogP contribution is -2.64. The Bertz CT molecular complexity index is 378. The number of methoxy groups -OCH3 is 1. The molecule has 0 aromatic carbocycles. The molecule has 0 aliphatic carbocycles. The fourth-order valence-corrected chi connectivity index (χ4v) is 2.74.